The van der Waals surface area contributed by atoms with E-state index in [4.69, 9.17) is 28.9 Å². The minimum Gasteiger partial charge on any atom is -0.493 e. The van der Waals surface area contributed by atoms with Crippen LogP contribution >= 0.6 is 0 Å². The molecule has 21 nitrogen and oxygen atoms in total. The van der Waals surface area contributed by atoms with Gasteiger partial charge < -0.3 is 54.8 Å². The lowest BCUT2D eigenvalue weighted by molar-refractivity contribution is -0.151. The van der Waals surface area contributed by atoms with E-state index < -0.39 is 46.4 Å². The van der Waals surface area contributed by atoms with Gasteiger partial charge in [-0.05, 0) is 126 Å². The second-order valence-electron chi connectivity index (χ2n) is 20.5. The summed E-state index contributed by atoms with van der Waals surface area (Å²) in [5.41, 5.74) is 10.6. The summed E-state index contributed by atoms with van der Waals surface area (Å²) in [5, 5.41) is 31.7. The van der Waals surface area contributed by atoms with Crippen molar-refractivity contribution in [3.8, 4) is 34.1 Å². The molecule has 0 aliphatic carbocycles. The van der Waals surface area contributed by atoms with Gasteiger partial charge in [0, 0.05) is 88.7 Å². The van der Waals surface area contributed by atoms with Crippen LogP contribution < -0.4 is 34.9 Å². The van der Waals surface area contributed by atoms with Crippen molar-refractivity contribution in [3.63, 3.8) is 0 Å². The minimum absolute atomic E-state index is 0.0572. The number of ether oxygens (including phenoxy) is 4. The van der Waals surface area contributed by atoms with E-state index in [2.05, 4.69) is 48.0 Å². The average Bonchev–Trinajstić information content (AvgIpc) is 4.05. The molecule has 3 aliphatic rings. The number of aromatic nitrogens is 1. The van der Waals surface area contributed by atoms with Crippen molar-refractivity contribution >= 4 is 67.4 Å². The quantitative estimate of drug-likeness (QED) is 0.0492. The molecule has 3 amide bonds. The maximum atomic E-state index is 13.6. The third kappa shape index (κ3) is 13.1. The average molecular weight is 1160 g/mol. The number of carbonyl (C=O) groups excluding carboxylic acids is 3. The zero-order chi connectivity index (χ0) is 59.8. The van der Waals surface area contributed by atoms with E-state index in [1.807, 2.05) is 55.6 Å². The van der Waals surface area contributed by atoms with Crippen LogP contribution in [0.1, 0.15) is 60.5 Å². The van der Waals surface area contributed by atoms with Crippen molar-refractivity contribution in [1.29, 1.82) is 0 Å². The molecule has 6 aromatic carbocycles. The molecule has 0 saturated heterocycles. The highest BCUT2D eigenvalue weighted by Gasteiger charge is 2.35. The van der Waals surface area contributed by atoms with Gasteiger partial charge in [0.1, 0.15) is 0 Å². The number of likely N-dealkylation sites (N-methyl/N-ethyl adjacent to an activating group) is 1. The molecule has 0 fully saturated rings. The van der Waals surface area contributed by atoms with Crippen molar-refractivity contribution in [2.75, 3.05) is 91.8 Å². The lowest BCUT2D eigenvalue weighted by atomic mass is 9.87. The molecular formula is C62H66N8O13S. The molecule has 1 unspecified atom stereocenters. The third-order valence-corrected chi connectivity index (χ3v) is 16.7. The number of amides is 3. The Labute approximate surface area is 486 Å². The molecule has 5 N–H and O–H groups in total. The number of carbonyl (C=O) groups is 4. The molecule has 10 rings (SSSR count). The van der Waals surface area contributed by atoms with Crippen molar-refractivity contribution in [2.24, 2.45) is 5.16 Å². The van der Waals surface area contributed by atoms with Crippen LogP contribution in [0.25, 0.3) is 22.0 Å². The molecule has 0 bridgehead atoms. The molecule has 7 aromatic rings. The number of carboxylic acids is 1. The van der Waals surface area contributed by atoms with Crippen molar-refractivity contribution in [1.82, 2.24) is 19.1 Å². The highest BCUT2D eigenvalue weighted by Crippen LogP contribution is 2.41. The van der Waals surface area contributed by atoms with Crippen LogP contribution in [0.5, 0.6) is 23.0 Å². The summed E-state index contributed by atoms with van der Waals surface area (Å²) in [6.45, 7) is 3.71. The van der Waals surface area contributed by atoms with Crippen LogP contribution in [-0.4, -0.2) is 149 Å². The Balaban J connectivity index is 0.000000210. The fraction of sp³-hybridized carbons (Fsp3) is 0.290. The van der Waals surface area contributed by atoms with E-state index in [0.717, 1.165) is 100.0 Å². The Morgan fingerprint density at radius 2 is 1.45 bits per heavy atom. The summed E-state index contributed by atoms with van der Waals surface area (Å²) in [7, 11) is 7.65. The second-order valence-corrected chi connectivity index (χ2v) is 22.6. The van der Waals surface area contributed by atoms with E-state index in [9.17, 15) is 32.7 Å². The van der Waals surface area contributed by atoms with Crippen LogP contribution in [0.4, 0.5) is 17.1 Å². The first kappa shape index (κ1) is 59.7. The molecular weight excluding hydrogens is 1100 g/mol. The Morgan fingerprint density at radius 1 is 0.774 bits per heavy atom. The molecule has 0 radical (unpaired) electrons. The summed E-state index contributed by atoms with van der Waals surface area (Å²) in [6.07, 6.45) is 2.49. The number of benzene rings is 6. The van der Waals surface area contributed by atoms with Crippen molar-refractivity contribution in [2.45, 2.75) is 49.8 Å². The number of methoxy groups -OCH3 is 4. The van der Waals surface area contributed by atoms with Gasteiger partial charge in [0.25, 0.3) is 17.7 Å². The summed E-state index contributed by atoms with van der Waals surface area (Å²) >= 11 is 0. The van der Waals surface area contributed by atoms with Crippen LogP contribution in [0.3, 0.4) is 0 Å². The Kier molecular flexibility index (Phi) is 18.6. The zero-order valence-electron chi connectivity index (χ0n) is 47.6. The highest BCUT2D eigenvalue weighted by atomic mass is 32.2. The third-order valence-electron chi connectivity index (χ3n) is 14.9. The van der Waals surface area contributed by atoms with Gasteiger partial charge in [-0.25, -0.2) is 17.5 Å². The Morgan fingerprint density at radius 3 is 2.13 bits per heavy atom. The number of aliphatic carboxylic acids is 1. The van der Waals surface area contributed by atoms with Crippen LogP contribution in [-0.2, 0) is 56.8 Å². The number of aliphatic hydroxyl groups is 1. The maximum absolute atomic E-state index is 13.6. The van der Waals surface area contributed by atoms with Crippen LogP contribution in [0.15, 0.2) is 125 Å². The van der Waals surface area contributed by atoms with E-state index in [0.29, 0.717) is 40.5 Å². The number of nitrogens with one attached hydrogen (secondary N) is 3. The van der Waals surface area contributed by atoms with Crippen molar-refractivity contribution < 1.29 is 61.6 Å². The molecule has 3 aliphatic heterocycles. The van der Waals surface area contributed by atoms with E-state index >= 15 is 0 Å². The topological polar surface area (TPSA) is 260 Å². The van der Waals surface area contributed by atoms with Crippen molar-refractivity contribution in [3.05, 3.63) is 160 Å². The Hall–Kier alpha value is -8.93. The number of carboxylic acid groups (broad SMARTS) is 1. The fourth-order valence-electron chi connectivity index (χ4n) is 10.3. The predicted octanol–water partition coefficient (Wildman–Crippen LogP) is 7.47. The fourth-order valence-corrected chi connectivity index (χ4v) is 11.2. The number of hydrogen-bond acceptors (Lipinski definition) is 16. The van der Waals surface area contributed by atoms with Gasteiger partial charge in [0.15, 0.2) is 28.7 Å². The second kappa shape index (κ2) is 26.1. The number of sulfonamides is 1. The molecule has 1 aromatic heterocycles. The molecule has 84 heavy (non-hydrogen) atoms. The van der Waals surface area contributed by atoms with E-state index in [-0.39, 0.29) is 28.3 Å². The highest BCUT2D eigenvalue weighted by molar-refractivity contribution is 7.89. The Bertz CT molecular complexity index is 3780. The van der Waals surface area contributed by atoms with Gasteiger partial charge >= 0.3 is 5.97 Å². The zero-order valence-corrected chi connectivity index (χ0v) is 48.5. The number of anilines is 3. The van der Waals surface area contributed by atoms with Gasteiger partial charge in [-0.2, -0.15) is 0 Å². The number of aliphatic hydroxyl groups excluding tert-OH is 1. The summed E-state index contributed by atoms with van der Waals surface area (Å²) < 4.78 is 48.0. The lowest BCUT2D eigenvalue weighted by Crippen LogP contribution is -2.32. The first-order chi connectivity index (χ1) is 40.4. The largest absolute Gasteiger partial charge is 0.493 e. The number of pyridine rings is 1. The van der Waals surface area contributed by atoms with Gasteiger partial charge in [0.2, 0.25) is 16.1 Å². The number of fused-ring (bicyclic) bond motifs is 5. The van der Waals surface area contributed by atoms with Gasteiger partial charge in [-0.15, -0.1) is 0 Å². The monoisotopic (exact) mass is 1160 g/mol. The smallest absolute Gasteiger partial charge is 0.347 e. The van der Waals surface area contributed by atoms with Gasteiger partial charge in [-0.1, -0.05) is 47.6 Å². The number of para-hydroxylation sites is 1. The number of oxime groups is 1. The molecule has 22 heteroatoms. The first-order valence-corrected chi connectivity index (χ1v) is 28.4. The van der Waals surface area contributed by atoms with E-state index in [1.165, 1.54) is 45.6 Å². The van der Waals surface area contributed by atoms with Gasteiger partial charge in [-0.3, -0.25) is 24.3 Å². The molecule has 0 spiro atoms. The molecule has 4 heterocycles. The maximum Gasteiger partial charge on any atom is 0.347 e. The molecule has 438 valence electrons. The van der Waals surface area contributed by atoms with E-state index in [1.54, 1.807) is 62.8 Å². The first-order valence-electron chi connectivity index (χ1n) is 27.0. The minimum atomic E-state index is -3.58. The number of nitrogens with zero attached hydrogens (tertiary/aromatic N) is 5. The number of hydrogen-bond donors (Lipinski definition) is 5. The van der Waals surface area contributed by atoms with Gasteiger partial charge in [0.05, 0.1) is 61.4 Å². The van der Waals surface area contributed by atoms with Crippen LogP contribution in [0.2, 0.25) is 0 Å². The molecule has 1 atom stereocenters. The summed E-state index contributed by atoms with van der Waals surface area (Å²) in [4.78, 5) is 65.3. The SMILES string of the molecule is CN1CCc2c(-c3ccc(S(=O)(=O)N(C)C)cc3)cc3c(c2C1)NC(=O)/C3=N\OC(CCO)C(=O)O.COc1cc2c(cc1OC)CN(CCc1ccc(NC(=O)c3cc(OC)c(OC)cc3NC(=O)c3cnc4ccccc4c3)cc1)CC2. The normalized spacial score (nSPS) is 14.7. The molecule has 0 saturated carbocycles. The van der Waals surface area contributed by atoms with Crippen LogP contribution in [0, 0.1) is 0 Å². The number of rotatable bonds is 19. The summed E-state index contributed by atoms with van der Waals surface area (Å²) in [6, 6.07) is 32.8. The predicted molar refractivity (Wildman–Crippen MR) is 318 cm³/mol. The lowest BCUT2D eigenvalue weighted by Gasteiger charge is -2.29. The summed E-state index contributed by atoms with van der Waals surface area (Å²) in [5.74, 6) is -0.374. The standard InChI is InChI=1S/C38H38N4O6.C24H28N4O7S/c1-45-33-18-25-14-16-42(23-28(25)19-34(33)46-2)15-13-24-9-11-29(12-10-24)40-38(44)30-20-35(47-3)36(48-4)21-32(30)41-37(43)27-17-26-7-5-6-8-31(26)39-22-27;1-27(2)36(33,34)15-6-4-14(5-7-15)17-12-18-21(19-13-28(3)10-8-16(17)19)25-23(30)22(18)26-35-20(9-11-29)24(31)32/h5-12,17-22H,13-16,23H2,1-4H3,(H,40,44)(H,41,43);4-7,12,20,29H,8-11,13H2,1-3H3,(H,31,32)(H,25,26,30).